The molecule has 8 rings (SSSR count). The Morgan fingerprint density at radius 3 is 2.79 bits per heavy atom. The summed E-state index contributed by atoms with van der Waals surface area (Å²) in [6, 6.07) is 11.3. The fourth-order valence-electron chi connectivity index (χ4n) is 7.53. The molecule has 2 aliphatic carbocycles. The molecule has 5 heterocycles. The second-order valence-electron chi connectivity index (χ2n) is 12.3. The number of nitrogens with zero attached hydrogens (tertiary/aromatic N) is 5. The van der Waals surface area contributed by atoms with Crippen LogP contribution in [0.3, 0.4) is 0 Å². The number of likely N-dealkylation sites (tertiary alicyclic amines) is 1. The van der Waals surface area contributed by atoms with E-state index in [0.717, 1.165) is 67.1 Å². The molecule has 38 heavy (non-hydrogen) atoms. The van der Waals surface area contributed by atoms with Crippen LogP contribution < -0.4 is 5.56 Å². The molecule has 1 N–H and O–H groups in total. The molecule has 1 unspecified atom stereocenters. The highest BCUT2D eigenvalue weighted by molar-refractivity contribution is 5.84. The molecule has 4 aromatic rings. The molecule has 4 fully saturated rings. The van der Waals surface area contributed by atoms with Gasteiger partial charge in [0.1, 0.15) is 17.7 Å². The summed E-state index contributed by atoms with van der Waals surface area (Å²) in [5.41, 5.74) is 5.14. The monoisotopic (exact) mass is 512 g/mol. The summed E-state index contributed by atoms with van der Waals surface area (Å²) in [4.78, 5) is 20.0. The third-order valence-corrected chi connectivity index (χ3v) is 9.50. The Morgan fingerprint density at radius 1 is 1.24 bits per heavy atom. The molecule has 0 amide bonds. The molecular weight excluding hydrogens is 476 g/mol. The van der Waals surface area contributed by atoms with Gasteiger partial charge in [0.05, 0.1) is 18.1 Å². The van der Waals surface area contributed by atoms with Crippen LogP contribution >= 0.6 is 0 Å². The number of hydrogen-bond donors (Lipinski definition) is 1. The molecular formula is C30H36N6O2. The number of pyridine rings is 1. The van der Waals surface area contributed by atoms with E-state index in [2.05, 4.69) is 63.5 Å². The van der Waals surface area contributed by atoms with Gasteiger partial charge in [-0.15, -0.1) is 10.2 Å². The van der Waals surface area contributed by atoms with E-state index in [0.29, 0.717) is 24.0 Å². The lowest BCUT2D eigenvalue weighted by Crippen LogP contribution is -2.43. The summed E-state index contributed by atoms with van der Waals surface area (Å²) in [6.45, 7) is 4.95. The van der Waals surface area contributed by atoms with Gasteiger partial charge in [0.2, 0.25) is 0 Å². The number of ether oxygens (including phenoxy) is 1. The second kappa shape index (κ2) is 8.13. The minimum Gasteiger partial charge on any atom is -0.375 e. The standard InChI is InChI=1S/C30H34N6O2.H2/c1-18-11-30(12-18,29-33-31-17-34(29)2)20-4-3-5-22(8-20)36-15-26(19-6-7-19)25-9-21(32-27(25)28(36)37)13-35-14-24-10-23(35)16-38-24;/h3-5,8-9,15,17-19,23-24,32H,6-7,10-14,16H2,1-2H3;1H/t18?,23?,24-,30?;/m1./s1. The Kier molecular flexibility index (Phi) is 4.86. The van der Waals surface area contributed by atoms with E-state index in [9.17, 15) is 4.79 Å². The minimum absolute atomic E-state index is 0. The van der Waals surface area contributed by atoms with E-state index < -0.39 is 0 Å². The van der Waals surface area contributed by atoms with Gasteiger partial charge in [-0.1, -0.05) is 19.1 Å². The first kappa shape index (κ1) is 22.7. The van der Waals surface area contributed by atoms with Gasteiger partial charge >= 0.3 is 0 Å². The zero-order valence-corrected chi connectivity index (χ0v) is 22.1. The average molecular weight is 513 g/mol. The Bertz CT molecular complexity index is 1610. The van der Waals surface area contributed by atoms with Gasteiger partial charge in [-0.25, -0.2) is 0 Å². The SMILES string of the molecule is CC1CC(c2cccc(-n3cc(C4CC4)c4cc(CN5C[C@H]6CC5CO6)[nH]c4c3=O)c2)(c2nncn2C)C1.[HH]. The average Bonchev–Trinajstić information content (AvgIpc) is 3.22. The smallest absolute Gasteiger partial charge is 0.279 e. The number of aryl methyl sites for hydroxylation is 1. The first-order chi connectivity index (χ1) is 18.5. The quantitative estimate of drug-likeness (QED) is 0.418. The molecule has 2 saturated carbocycles. The number of benzene rings is 1. The Morgan fingerprint density at radius 2 is 2.11 bits per heavy atom. The highest BCUT2D eigenvalue weighted by Gasteiger charge is 2.48. The number of fused-ring (bicyclic) bond motifs is 3. The third-order valence-electron chi connectivity index (χ3n) is 9.50. The van der Waals surface area contributed by atoms with Crippen LogP contribution in [0.15, 0.2) is 47.7 Å². The van der Waals surface area contributed by atoms with Gasteiger partial charge in [-0.3, -0.25) is 14.3 Å². The fraction of sp³-hybridized carbons (Fsp3) is 0.500. The molecule has 2 saturated heterocycles. The first-order valence-electron chi connectivity index (χ1n) is 14.1. The van der Waals surface area contributed by atoms with Crippen LogP contribution in [-0.4, -0.2) is 54.5 Å². The van der Waals surface area contributed by atoms with Crippen molar-refractivity contribution in [2.75, 3.05) is 13.2 Å². The zero-order chi connectivity index (χ0) is 25.6. The predicted octanol–water partition coefficient (Wildman–Crippen LogP) is 4.26. The van der Waals surface area contributed by atoms with Crippen molar-refractivity contribution >= 4 is 10.9 Å². The van der Waals surface area contributed by atoms with Crippen molar-refractivity contribution in [3.05, 3.63) is 75.9 Å². The van der Waals surface area contributed by atoms with Gasteiger partial charge in [0.15, 0.2) is 0 Å². The lowest BCUT2D eigenvalue weighted by atomic mass is 9.58. The molecule has 198 valence electrons. The normalized spacial score (nSPS) is 28.8. The molecule has 0 spiro atoms. The van der Waals surface area contributed by atoms with E-state index in [1.54, 1.807) is 6.33 Å². The summed E-state index contributed by atoms with van der Waals surface area (Å²) in [5, 5.41) is 9.80. The number of morpholine rings is 1. The summed E-state index contributed by atoms with van der Waals surface area (Å²) in [6.07, 6.45) is 9.85. The highest BCUT2D eigenvalue weighted by Crippen LogP contribution is 2.51. The summed E-state index contributed by atoms with van der Waals surface area (Å²) < 4.78 is 9.70. The number of aromatic nitrogens is 5. The van der Waals surface area contributed by atoms with Gasteiger partial charge in [0.25, 0.3) is 5.56 Å². The lowest BCUT2D eigenvalue weighted by Gasteiger charge is -2.46. The number of hydrogen-bond acceptors (Lipinski definition) is 5. The van der Waals surface area contributed by atoms with Crippen LogP contribution in [0.2, 0.25) is 0 Å². The number of aromatic amines is 1. The number of H-pyrrole nitrogens is 1. The predicted molar refractivity (Wildman–Crippen MR) is 147 cm³/mol. The van der Waals surface area contributed by atoms with Crippen molar-refractivity contribution in [2.24, 2.45) is 13.0 Å². The van der Waals surface area contributed by atoms with Crippen molar-refractivity contribution in [2.45, 2.75) is 69.1 Å². The van der Waals surface area contributed by atoms with Crippen LogP contribution in [0, 0.1) is 5.92 Å². The van der Waals surface area contributed by atoms with Crippen molar-refractivity contribution in [3.63, 3.8) is 0 Å². The Labute approximate surface area is 223 Å². The molecule has 8 nitrogen and oxygen atoms in total. The zero-order valence-electron chi connectivity index (χ0n) is 22.1. The fourth-order valence-corrected chi connectivity index (χ4v) is 7.53. The van der Waals surface area contributed by atoms with E-state index in [-0.39, 0.29) is 12.4 Å². The molecule has 2 atom stereocenters. The maximum atomic E-state index is 14.0. The van der Waals surface area contributed by atoms with Gasteiger partial charge in [-0.05, 0) is 73.3 Å². The lowest BCUT2D eigenvalue weighted by molar-refractivity contribution is 0.0269. The Hall–Kier alpha value is -3.23. The number of nitrogens with one attached hydrogen (secondary N) is 1. The molecule has 0 radical (unpaired) electrons. The molecule has 2 aliphatic heterocycles. The molecule has 2 bridgehead atoms. The van der Waals surface area contributed by atoms with Gasteiger partial charge in [0, 0.05) is 50.6 Å². The third kappa shape index (κ3) is 3.39. The number of rotatable bonds is 6. The van der Waals surface area contributed by atoms with E-state index in [4.69, 9.17) is 4.74 Å². The highest BCUT2D eigenvalue weighted by atomic mass is 16.5. The van der Waals surface area contributed by atoms with Crippen LogP contribution in [-0.2, 0) is 23.7 Å². The van der Waals surface area contributed by atoms with Gasteiger partial charge < -0.3 is 14.3 Å². The minimum atomic E-state index is -0.161. The van der Waals surface area contributed by atoms with Crippen LogP contribution in [0.5, 0.6) is 0 Å². The second-order valence-corrected chi connectivity index (χ2v) is 12.3. The van der Waals surface area contributed by atoms with Crippen molar-refractivity contribution < 1.29 is 6.16 Å². The van der Waals surface area contributed by atoms with Crippen molar-refractivity contribution in [1.29, 1.82) is 0 Å². The van der Waals surface area contributed by atoms with Crippen LogP contribution in [0.4, 0.5) is 0 Å². The summed E-state index contributed by atoms with van der Waals surface area (Å²) in [5.74, 6) is 2.17. The largest absolute Gasteiger partial charge is 0.375 e. The van der Waals surface area contributed by atoms with Crippen molar-refractivity contribution in [1.82, 2.24) is 29.2 Å². The molecule has 1 aromatic carbocycles. The van der Waals surface area contributed by atoms with E-state index >= 15 is 0 Å². The molecule has 4 aliphatic rings. The summed E-state index contributed by atoms with van der Waals surface area (Å²) >= 11 is 0. The maximum absolute atomic E-state index is 14.0. The van der Waals surface area contributed by atoms with E-state index in [1.165, 1.54) is 24.0 Å². The summed E-state index contributed by atoms with van der Waals surface area (Å²) in [7, 11) is 2.02. The molecule has 8 heteroatoms. The van der Waals surface area contributed by atoms with Crippen molar-refractivity contribution in [3.8, 4) is 5.69 Å². The topological polar surface area (TPSA) is 81.0 Å². The van der Waals surface area contributed by atoms with Gasteiger partial charge in [-0.2, -0.15) is 0 Å². The van der Waals surface area contributed by atoms with Crippen LogP contribution in [0.1, 0.15) is 69.0 Å². The first-order valence-corrected chi connectivity index (χ1v) is 14.1. The maximum Gasteiger partial charge on any atom is 0.279 e. The van der Waals surface area contributed by atoms with Crippen LogP contribution in [0.25, 0.3) is 16.6 Å². The van der Waals surface area contributed by atoms with E-state index in [1.807, 2.05) is 16.2 Å². The Balaban J connectivity index is 0.00000253. The molecule has 3 aromatic heterocycles.